The van der Waals surface area contributed by atoms with Gasteiger partial charge in [-0.05, 0) is 30.2 Å². The monoisotopic (exact) mass is 382 g/mol. The summed E-state index contributed by atoms with van der Waals surface area (Å²) >= 11 is 0. The quantitative estimate of drug-likeness (QED) is 0.620. The van der Waals surface area contributed by atoms with E-state index in [2.05, 4.69) is 10.4 Å². The summed E-state index contributed by atoms with van der Waals surface area (Å²) in [6, 6.07) is 11.0. The van der Waals surface area contributed by atoms with Crippen LogP contribution in [0.5, 0.6) is 5.75 Å². The van der Waals surface area contributed by atoms with Crippen molar-refractivity contribution >= 4 is 11.9 Å². The maximum absolute atomic E-state index is 12.7. The number of aliphatic carboxylic acids is 1. The van der Waals surface area contributed by atoms with Crippen LogP contribution in [-0.4, -0.2) is 45.0 Å². The van der Waals surface area contributed by atoms with Crippen LogP contribution in [0.4, 0.5) is 0 Å². The minimum Gasteiger partial charge on any atom is -0.496 e. The number of hydrogen-bond acceptors (Lipinski definition) is 4. The molecule has 0 bridgehead atoms. The summed E-state index contributed by atoms with van der Waals surface area (Å²) in [4.78, 5) is 24.4. The Morgan fingerprint density at radius 3 is 2.61 bits per heavy atom. The van der Waals surface area contributed by atoms with Gasteiger partial charge in [0.2, 0.25) is 0 Å². The molecule has 1 amide bonds. The average Bonchev–Trinajstić information content (AvgIpc) is 3.34. The lowest BCUT2D eigenvalue weighted by atomic mass is 9.98. The predicted molar refractivity (Wildman–Crippen MR) is 103 cm³/mol. The molecule has 146 valence electrons. The molecule has 0 aliphatic heterocycles. The van der Waals surface area contributed by atoms with Crippen LogP contribution >= 0.6 is 0 Å². The zero-order valence-corrected chi connectivity index (χ0v) is 15.7. The van der Waals surface area contributed by atoms with E-state index in [1.54, 1.807) is 29.5 Å². The van der Waals surface area contributed by atoms with E-state index < -0.39 is 11.9 Å². The number of aromatic nitrogens is 3. The first-order chi connectivity index (χ1) is 13.5. The third-order valence-corrected chi connectivity index (χ3v) is 4.52. The Labute approximate surface area is 162 Å². The molecule has 0 spiro atoms. The van der Waals surface area contributed by atoms with Crippen molar-refractivity contribution in [2.75, 3.05) is 13.7 Å². The maximum Gasteiger partial charge on any atom is 0.308 e. The SMILES string of the molecule is COc1ccccc1CC(CNC(=O)c1cnn(C)c1-n1cccc1)C(=O)O. The van der Waals surface area contributed by atoms with E-state index in [1.165, 1.54) is 6.20 Å². The van der Waals surface area contributed by atoms with Crippen molar-refractivity contribution in [3.63, 3.8) is 0 Å². The predicted octanol–water partition coefficient (Wildman–Crippen LogP) is 1.89. The summed E-state index contributed by atoms with van der Waals surface area (Å²) in [7, 11) is 3.29. The van der Waals surface area contributed by atoms with Gasteiger partial charge >= 0.3 is 5.97 Å². The third kappa shape index (κ3) is 4.06. The smallest absolute Gasteiger partial charge is 0.308 e. The van der Waals surface area contributed by atoms with Crippen molar-refractivity contribution in [2.24, 2.45) is 13.0 Å². The Bertz CT molecular complexity index is 963. The molecule has 28 heavy (non-hydrogen) atoms. The lowest BCUT2D eigenvalue weighted by molar-refractivity contribution is -0.141. The number of ether oxygens (including phenoxy) is 1. The van der Waals surface area contributed by atoms with Crippen molar-refractivity contribution in [2.45, 2.75) is 6.42 Å². The normalized spacial score (nSPS) is 11.8. The van der Waals surface area contributed by atoms with Gasteiger partial charge in [-0.1, -0.05) is 18.2 Å². The second-order valence-electron chi connectivity index (χ2n) is 6.36. The van der Waals surface area contributed by atoms with Gasteiger partial charge in [-0.3, -0.25) is 14.3 Å². The van der Waals surface area contributed by atoms with Crippen molar-refractivity contribution in [3.05, 3.63) is 66.1 Å². The molecule has 2 heterocycles. The van der Waals surface area contributed by atoms with Gasteiger partial charge in [0.15, 0.2) is 0 Å². The molecule has 0 aliphatic rings. The zero-order valence-electron chi connectivity index (χ0n) is 15.7. The van der Waals surface area contributed by atoms with Crippen LogP contribution in [0.25, 0.3) is 5.82 Å². The van der Waals surface area contributed by atoms with E-state index in [-0.39, 0.29) is 18.9 Å². The zero-order chi connectivity index (χ0) is 20.1. The Morgan fingerprint density at radius 1 is 1.21 bits per heavy atom. The van der Waals surface area contributed by atoms with Crippen LogP contribution in [0.3, 0.4) is 0 Å². The number of carboxylic acid groups (broad SMARTS) is 1. The van der Waals surface area contributed by atoms with E-state index in [1.807, 2.05) is 42.7 Å². The number of nitrogens with one attached hydrogen (secondary N) is 1. The fourth-order valence-corrected chi connectivity index (χ4v) is 3.07. The molecular weight excluding hydrogens is 360 g/mol. The van der Waals surface area contributed by atoms with Crippen molar-refractivity contribution in [1.29, 1.82) is 0 Å². The summed E-state index contributed by atoms with van der Waals surface area (Å²) in [5.74, 6) is -0.903. The first-order valence-electron chi connectivity index (χ1n) is 8.79. The molecule has 2 N–H and O–H groups in total. The first-order valence-corrected chi connectivity index (χ1v) is 8.79. The fourth-order valence-electron chi connectivity index (χ4n) is 3.07. The molecule has 8 heteroatoms. The van der Waals surface area contributed by atoms with E-state index >= 15 is 0 Å². The molecule has 3 rings (SSSR count). The average molecular weight is 382 g/mol. The Hall–Kier alpha value is -3.55. The van der Waals surface area contributed by atoms with Crippen LogP contribution in [0.1, 0.15) is 15.9 Å². The number of rotatable bonds is 8. The second kappa shape index (κ2) is 8.43. The number of amides is 1. The van der Waals surface area contributed by atoms with Crippen molar-refractivity contribution in [1.82, 2.24) is 19.7 Å². The Morgan fingerprint density at radius 2 is 1.93 bits per heavy atom. The highest BCUT2D eigenvalue weighted by Gasteiger charge is 2.23. The van der Waals surface area contributed by atoms with Gasteiger partial charge in [0.25, 0.3) is 5.91 Å². The standard InChI is InChI=1S/C20H22N4O4/c1-23-19(24-9-5-6-10-24)16(13-22-23)18(25)21-12-15(20(26)27)11-14-7-3-4-8-17(14)28-2/h3-10,13,15H,11-12H2,1-2H3,(H,21,25)(H,26,27). The molecule has 0 aliphatic carbocycles. The van der Waals surface area contributed by atoms with Crippen LogP contribution < -0.4 is 10.1 Å². The van der Waals surface area contributed by atoms with Crippen LogP contribution in [0.2, 0.25) is 0 Å². The second-order valence-corrected chi connectivity index (χ2v) is 6.36. The Kier molecular flexibility index (Phi) is 5.78. The van der Waals surface area contributed by atoms with Crippen molar-refractivity contribution in [3.8, 4) is 11.6 Å². The number of aryl methyl sites for hydroxylation is 1. The molecule has 1 unspecified atom stereocenters. The van der Waals surface area contributed by atoms with Gasteiger partial charge in [-0.15, -0.1) is 0 Å². The number of carbonyl (C=O) groups excluding carboxylic acids is 1. The van der Waals surface area contributed by atoms with Gasteiger partial charge in [-0.25, -0.2) is 0 Å². The number of nitrogens with zero attached hydrogens (tertiary/aromatic N) is 3. The molecule has 1 atom stereocenters. The molecule has 0 saturated carbocycles. The van der Waals surface area contributed by atoms with Gasteiger partial charge in [0.05, 0.1) is 19.2 Å². The minimum atomic E-state index is -0.983. The summed E-state index contributed by atoms with van der Waals surface area (Å²) < 4.78 is 8.67. The number of hydrogen-bond donors (Lipinski definition) is 2. The van der Waals surface area contributed by atoms with Gasteiger partial charge in [-0.2, -0.15) is 5.10 Å². The largest absolute Gasteiger partial charge is 0.496 e. The molecular formula is C20H22N4O4. The van der Waals surface area contributed by atoms with E-state index in [9.17, 15) is 14.7 Å². The van der Waals surface area contributed by atoms with Crippen molar-refractivity contribution < 1.29 is 19.4 Å². The molecule has 0 radical (unpaired) electrons. The fraction of sp³-hybridized carbons (Fsp3) is 0.250. The van der Waals surface area contributed by atoms with E-state index in [0.717, 1.165) is 5.56 Å². The molecule has 8 nitrogen and oxygen atoms in total. The summed E-state index contributed by atoms with van der Waals surface area (Å²) in [5.41, 5.74) is 1.15. The molecule has 1 aromatic carbocycles. The molecule has 3 aromatic rings. The molecule has 0 fully saturated rings. The summed E-state index contributed by atoms with van der Waals surface area (Å²) in [5, 5.41) is 16.5. The van der Waals surface area contributed by atoms with Gasteiger partial charge < -0.3 is 19.7 Å². The number of carboxylic acids is 1. The van der Waals surface area contributed by atoms with Gasteiger partial charge in [0.1, 0.15) is 17.1 Å². The lowest BCUT2D eigenvalue weighted by Gasteiger charge is -2.15. The first kappa shape index (κ1) is 19.2. The van der Waals surface area contributed by atoms with Gasteiger partial charge in [0, 0.05) is 26.0 Å². The van der Waals surface area contributed by atoms with Crippen LogP contribution in [0, 0.1) is 5.92 Å². The summed E-state index contributed by atoms with van der Waals surface area (Å²) in [6.07, 6.45) is 5.35. The van der Waals surface area contributed by atoms with E-state index in [0.29, 0.717) is 17.1 Å². The van der Waals surface area contributed by atoms with Crippen LogP contribution in [-0.2, 0) is 18.3 Å². The van der Waals surface area contributed by atoms with Crippen LogP contribution in [0.15, 0.2) is 55.0 Å². The molecule has 2 aromatic heterocycles. The highest BCUT2D eigenvalue weighted by molar-refractivity contribution is 5.97. The third-order valence-electron chi connectivity index (χ3n) is 4.52. The number of para-hydroxylation sites is 1. The number of methoxy groups -OCH3 is 1. The highest BCUT2D eigenvalue weighted by Crippen LogP contribution is 2.21. The molecule has 0 saturated heterocycles. The maximum atomic E-state index is 12.7. The number of benzene rings is 1. The minimum absolute atomic E-state index is 0.00771. The van der Waals surface area contributed by atoms with E-state index in [4.69, 9.17) is 4.74 Å². The topological polar surface area (TPSA) is 98.4 Å². The highest BCUT2D eigenvalue weighted by atomic mass is 16.5. The number of carbonyl (C=O) groups is 2. The Balaban J connectivity index is 1.73. The summed E-state index contributed by atoms with van der Waals surface area (Å²) in [6.45, 7) is -0.00771. The lowest BCUT2D eigenvalue weighted by Crippen LogP contribution is -2.34.